The molecule has 0 aliphatic carbocycles. The quantitative estimate of drug-likeness (QED) is 0.119. The van der Waals surface area contributed by atoms with Crippen molar-refractivity contribution in [1.29, 1.82) is 0 Å². The van der Waals surface area contributed by atoms with Gasteiger partial charge in [-0.25, -0.2) is 41.7 Å². The van der Waals surface area contributed by atoms with Crippen LogP contribution in [0.4, 0.5) is 26.3 Å². The summed E-state index contributed by atoms with van der Waals surface area (Å²) in [6, 6.07) is 5.94. The van der Waals surface area contributed by atoms with E-state index in [1.165, 1.54) is 26.3 Å². The molecule has 0 unspecified atom stereocenters. The topological polar surface area (TPSA) is 105 Å². The molecule has 3 aromatic carbocycles. The third-order valence-corrected chi connectivity index (χ3v) is 6.84. The van der Waals surface area contributed by atoms with Crippen LogP contribution >= 0.6 is 60.2 Å². The van der Waals surface area contributed by atoms with Gasteiger partial charge in [-0.1, -0.05) is 0 Å². The highest BCUT2D eigenvalue weighted by Gasteiger charge is 2.19. The number of hydrogen-bond donors (Lipinski definition) is 2. The maximum atomic E-state index is 13.1. The van der Waals surface area contributed by atoms with E-state index in [0.717, 1.165) is 29.3 Å². The SMILES string of the molecule is CNOC.CON(C)C(=O)c1ccc(F)c(F)c1Br.Cl.O=C(O)c1ccc(F)c(F)c1Br.O=Cc1ccc(F)c(F)c1Br. The Labute approximate surface area is 273 Å². The lowest BCUT2D eigenvalue weighted by atomic mass is 10.2. The lowest BCUT2D eigenvalue weighted by Gasteiger charge is -2.14. The molecule has 0 bridgehead atoms. The van der Waals surface area contributed by atoms with Gasteiger partial charge in [0.1, 0.15) is 0 Å². The van der Waals surface area contributed by atoms with Crippen LogP contribution in [0.25, 0.3) is 0 Å². The molecule has 0 heterocycles. The summed E-state index contributed by atoms with van der Waals surface area (Å²) in [6.45, 7) is 0. The van der Waals surface area contributed by atoms with Crippen LogP contribution in [0.1, 0.15) is 31.1 Å². The average Bonchev–Trinajstić information content (AvgIpc) is 2.97. The molecule has 2 N–H and O–H groups in total. The monoisotopic (exact) mass is 832 g/mol. The number of carboxylic acids is 1. The lowest BCUT2D eigenvalue weighted by molar-refractivity contribution is -0.0757. The van der Waals surface area contributed by atoms with Gasteiger partial charge in [0.05, 0.1) is 38.8 Å². The number of carbonyl (C=O) groups is 3. The van der Waals surface area contributed by atoms with Crippen molar-refractivity contribution in [2.75, 3.05) is 28.3 Å². The second-order valence-electron chi connectivity index (χ2n) is 7.03. The van der Waals surface area contributed by atoms with E-state index < -0.39 is 46.8 Å². The van der Waals surface area contributed by atoms with E-state index in [0.29, 0.717) is 6.29 Å². The molecule has 0 atom stereocenters. The van der Waals surface area contributed by atoms with Crippen LogP contribution in [0, 0.1) is 34.9 Å². The Kier molecular flexibility index (Phi) is 21.0. The molecule has 238 valence electrons. The number of rotatable bonds is 5. The fourth-order valence-corrected chi connectivity index (χ4v) is 3.66. The molecule has 0 fully saturated rings. The normalized spacial score (nSPS) is 9.51. The van der Waals surface area contributed by atoms with Gasteiger partial charge in [0.15, 0.2) is 41.2 Å². The van der Waals surface area contributed by atoms with Gasteiger partial charge >= 0.3 is 5.97 Å². The molecular formula is C25H22Br3ClF6N2O6. The standard InChI is InChI=1S/C9H8BrF2NO2.C7H3BrF2O2.C7H3BrF2O.C2H7NO.ClH/c1-13(15-2)9(14)5-3-4-6(11)8(12)7(5)10;8-5-3(7(11)12)1-2-4(9)6(5)10;8-6-4(3-11)1-2-5(9)7(6)10;1-3-4-2;/h3-4H,1-2H3;1-2H,(H,11,12);1-3H;3H,1-2H3;1H. The minimum atomic E-state index is -1.30. The number of nitrogens with zero attached hydrogens (tertiary/aromatic N) is 1. The molecule has 3 rings (SSSR count). The average molecular weight is 836 g/mol. The molecule has 0 aromatic heterocycles. The number of benzene rings is 3. The predicted octanol–water partition coefficient (Wildman–Crippen LogP) is 7.52. The van der Waals surface area contributed by atoms with Crippen LogP contribution in [0.2, 0.25) is 0 Å². The minimum absolute atomic E-state index is 0. The molecule has 0 aliphatic heterocycles. The van der Waals surface area contributed by atoms with Gasteiger partial charge in [0.2, 0.25) is 0 Å². The highest BCUT2D eigenvalue weighted by atomic mass is 79.9. The van der Waals surface area contributed by atoms with Gasteiger partial charge in [-0.05, 0) is 84.2 Å². The number of halogens is 10. The molecule has 8 nitrogen and oxygen atoms in total. The fraction of sp³-hybridized carbons (Fsp3) is 0.160. The number of carboxylic acid groups (broad SMARTS) is 1. The summed E-state index contributed by atoms with van der Waals surface area (Å²) < 4.78 is 75.2. The number of carbonyl (C=O) groups excluding carboxylic acids is 2. The molecule has 0 saturated heterocycles. The summed E-state index contributed by atoms with van der Waals surface area (Å²) >= 11 is 8.19. The van der Waals surface area contributed by atoms with Crippen LogP contribution in [-0.4, -0.2) is 56.6 Å². The Bertz CT molecular complexity index is 1410. The highest BCUT2D eigenvalue weighted by Crippen LogP contribution is 2.25. The van der Waals surface area contributed by atoms with Crippen molar-refractivity contribution < 1.29 is 55.5 Å². The van der Waals surface area contributed by atoms with Gasteiger partial charge in [-0.3, -0.25) is 14.4 Å². The van der Waals surface area contributed by atoms with Gasteiger partial charge < -0.3 is 9.94 Å². The first-order valence-corrected chi connectivity index (χ1v) is 13.1. The van der Waals surface area contributed by atoms with Crippen LogP contribution in [0.15, 0.2) is 49.8 Å². The van der Waals surface area contributed by atoms with Crippen molar-refractivity contribution >= 4 is 78.4 Å². The Morgan fingerprint density at radius 2 is 1.16 bits per heavy atom. The molecule has 18 heteroatoms. The molecule has 0 spiro atoms. The second kappa shape index (κ2) is 21.2. The van der Waals surface area contributed by atoms with Crippen molar-refractivity contribution in [3.8, 4) is 0 Å². The van der Waals surface area contributed by atoms with Crippen molar-refractivity contribution in [2.24, 2.45) is 0 Å². The number of hydroxylamine groups is 3. The maximum absolute atomic E-state index is 13.1. The fourth-order valence-electron chi connectivity index (χ4n) is 2.27. The van der Waals surface area contributed by atoms with Crippen molar-refractivity contribution in [3.05, 3.63) is 101 Å². The third kappa shape index (κ3) is 12.9. The summed E-state index contributed by atoms with van der Waals surface area (Å²) in [7, 11) is 5.95. The molecular weight excluding hydrogens is 813 g/mol. The van der Waals surface area contributed by atoms with E-state index in [1.54, 1.807) is 14.2 Å². The highest BCUT2D eigenvalue weighted by molar-refractivity contribution is 9.11. The zero-order chi connectivity index (χ0) is 32.7. The maximum Gasteiger partial charge on any atom is 0.336 e. The molecule has 0 aliphatic rings. The molecule has 1 amide bonds. The van der Waals surface area contributed by atoms with Crippen LogP contribution < -0.4 is 5.48 Å². The van der Waals surface area contributed by atoms with E-state index in [1.807, 2.05) is 0 Å². The van der Waals surface area contributed by atoms with Crippen molar-refractivity contribution in [3.63, 3.8) is 0 Å². The zero-order valence-electron chi connectivity index (χ0n) is 22.3. The van der Waals surface area contributed by atoms with E-state index in [9.17, 15) is 40.7 Å². The summed E-state index contributed by atoms with van der Waals surface area (Å²) in [5.41, 5.74) is 2.23. The Morgan fingerprint density at radius 3 is 1.53 bits per heavy atom. The number of nitrogens with one attached hydrogen (secondary N) is 1. The van der Waals surface area contributed by atoms with Gasteiger partial charge in [0.25, 0.3) is 5.91 Å². The van der Waals surface area contributed by atoms with Crippen LogP contribution in [0.3, 0.4) is 0 Å². The van der Waals surface area contributed by atoms with Crippen molar-refractivity contribution in [2.45, 2.75) is 0 Å². The van der Waals surface area contributed by atoms with Gasteiger partial charge in [-0.2, -0.15) is 0 Å². The summed E-state index contributed by atoms with van der Waals surface area (Å²) in [5.74, 6) is -8.24. The second-order valence-corrected chi connectivity index (χ2v) is 9.41. The van der Waals surface area contributed by atoms with E-state index in [2.05, 4.69) is 62.9 Å². The summed E-state index contributed by atoms with van der Waals surface area (Å²) in [5, 5.41) is 9.38. The zero-order valence-corrected chi connectivity index (χ0v) is 27.9. The largest absolute Gasteiger partial charge is 0.478 e. The molecule has 43 heavy (non-hydrogen) atoms. The first kappa shape index (κ1) is 42.6. The molecule has 0 radical (unpaired) electrons. The summed E-state index contributed by atoms with van der Waals surface area (Å²) in [6.07, 6.45) is 0.451. The lowest BCUT2D eigenvalue weighted by Crippen LogP contribution is -2.26. The Morgan fingerprint density at radius 1 is 0.791 bits per heavy atom. The van der Waals surface area contributed by atoms with E-state index in [-0.39, 0.29) is 42.5 Å². The number of aromatic carboxylic acids is 1. The molecule has 0 saturated carbocycles. The van der Waals surface area contributed by atoms with Crippen molar-refractivity contribution in [1.82, 2.24) is 10.5 Å². The van der Waals surface area contributed by atoms with Gasteiger partial charge in [0, 0.05) is 19.7 Å². The Balaban J connectivity index is 0. The number of aldehydes is 1. The van der Waals surface area contributed by atoms with Gasteiger partial charge in [-0.15, -0.1) is 12.4 Å². The first-order valence-electron chi connectivity index (χ1n) is 10.7. The van der Waals surface area contributed by atoms with E-state index >= 15 is 0 Å². The molecule has 3 aromatic rings. The van der Waals surface area contributed by atoms with Crippen LogP contribution in [-0.2, 0) is 9.68 Å². The smallest absolute Gasteiger partial charge is 0.336 e. The predicted molar refractivity (Wildman–Crippen MR) is 157 cm³/mol. The third-order valence-electron chi connectivity index (χ3n) is 4.49. The first-order chi connectivity index (χ1) is 19.6. The van der Waals surface area contributed by atoms with Crippen LogP contribution in [0.5, 0.6) is 0 Å². The number of amides is 1. The summed E-state index contributed by atoms with van der Waals surface area (Å²) in [4.78, 5) is 41.0. The Hall–Kier alpha value is -2.54. The number of hydrogen-bond acceptors (Lipinski definition) is 6. The van der Waals surface area contributed by atoms with E-state index in [4.69, 9.17) is 5.11 Å². The minimum Gasteiger partial charge on any atom is -0.478 e.